The first kappa shape index (κ1) is 23.9. The molecule has 9 nitrogen and oxygen atoms in total. The number of ether oxygens (including phenoxy) is 1. The van der Waals surface area contributed by atoms with Gasteiger partial charge in [0.25, 0.3) is 0 Å². The second-order valence-corrected chi connectivity index (χ2v) is 8.92. The van der Waals surface area contributed by atoms with Crippen molar-refractivity contribution in [3.05, 3.63) is 107 Å². The van der Waals surface area contributed by atoms with Crippen LogP contribution in [0.3, 0.4) is 0 Å². The third-order valence-electron chi connectivity index (χ3n) is 5.44. The van der Waals surface area contributed by atoms with E-state index in [9.17, 15) is 14.4 Å². The zero-order valence-corrected chi connectivity index (χ0v) is 20.3. The molecule has 5 aromatic rings. The predicted molar refractivity (Wildman–Crippen MR) is 139 cm³/mol. The molecule has 37 heavy (non-hydrogen) atoms. The van der Waals surface area contributed by atoms with Gasteiger partial charge < -0.3 is 15.4 Å². The molecule has 2 amide bonds. The van der Waals surface area contributed by atoms with Crippen molar-refractivity contribution < 1.29 is 19.1 Å². The van der Waals surface area contributed by atoms with Gasteiger partial charge in [-0.2, -0.15) is 5.10 Å². The van der Waals surface area contributed by atoms with Crippen LogP contribution in [0.1, 0.15) is 20.8 Å². The van der Waals surface area contributed by atoms with Crippen LogP contribution in [-0.2, 0) is 16.1 Å². The van der Waals surface area contributed by atoms with E-state index in [0.29, 0.717) is 27.5 Å². The molecular formula is C27H21N5O4S. The third-order valence-corrected chi connectivity index (χ3v) is 6.31. The molecule has 0 radical (unpaired) electrons. The van der Waals surface area contributed by atoms with E-state index in [2.05, 4.69) is 20.7 Å². The number of nitrogens with zero attached hydrogens (tertiary/aromatic N) is 3. The zero-order chi connectivity index (χ0) is 25.6. The molecule has 3 aromatic heterocycles. The number of thiophene rings is 1. The Bertz CT molecular complexity index is 1560. The quantitative estimate of drug-likeness (QED) is 0.295. The van der Waals surface area contributed by atoms with E-state index in [0.717, 1.165) is 11.1 Å². The standard InChI is InChI=1S/C27H21N5O4S/c33-24(16-29-27(35)36-17-18-6-2-1-3-7-18)31-20-9-4-8-19(14-20)22-11-12-28-26-21(15-30-32(22)26)25(34)23-10-5-13-37-23/h1-15H,16-17H2,(H,29,35)(H,31,33). The summed E-state index contributed by atoms with van der Waals surface area (Å²) in [7, 11) is 0. The molecule has 3 heterocycles. The molecule has 2 N–H and O–H groups in total. The van der Waals surface area contributed by atoms with Crippen molar-refractivity contribution >= 4 is 40.5 Å². The van der Waals surface area contributed by atoms with E-state index < -0.39 is 12.0 Å². The van der Waals surface area contributed by atoms with Crippen LogP contribution in [0.25, 0.3) is 16.9 Å². The summed E-state index contributed by atoms with van der Waals surface area (Å²) in [6.45, 7) is -0.129. The molecule has 0 saturated carbocycles. The highest BCUT2D eigenvalue weighted by Crippen LogP contribution is 2.25. The summed E-state index contributed by atoms with van der Waals surface area (Å²) in [6, 6.07) is 21.8. The Morgan fingerprint density at radius 2 is 1.84 bits per heavy atom. The number of amides is 2. The van der Waals surface area contributed by atoms with Gasteiger partial charge in [-0.1, -0.05) is 48.5 Å². The van der Waals surface area contributed by atoms with Crippen molar-refractivity contribution in [1.29, 1.82) is 0 Å². The Balaban J connectivity index is 1.25. The molecule has 0 aliphatic carbocycles. The van der Waals surface area contributed by atoms with Crippen LogP contribution in [0.5, 0.6) is 0 Å². The minimum atomic E-state index is -0.682. The molecule has 5 rings (SSSR count). The smallest absolute Gasteiger partial charge is 0.407 e. The lowest BCUT2D eigenvalue weighted by Crippen LogP contribution is -2.33. The van der Waals surface area contributed by atoms with Crippen molar-refractivity contribution in [2.24, 2.45) is 0 Å². The second kappa shape index (κ2) is 10.8. The van der Waals surface area contributed by atoms with Crippen LogP contribution in [0.15, 0.2) is 90.6 Å². The number of anilines is 1. The lowest BCUT2D eigenvalue weighted by atomic mass is 10.1. The Morgan fingerprint density at radius 1 is 0.973 bits per heavy atom. The van der Waals surface area contributed by atoms with Gasteiger partial charge in [-0.3, -0.25) is 9.59 Å². The van der Waals surface area contributed by atoms with Crippen LogP contribution in [0.4, 0.5) is 10.5 Å². The maximum atomic E-state index is 12.9. The molecule has 10 heteroatoms. The number of benzene rings is 2. The average Bonchev–Trinajstić information content (AvgIpc) is 3.62. The molecule has 0 aliphatic rings. The van der Waals surface area contributed by atoms with Crippen molar-refractivity contribution in [3.8, 4) is 11.3 Å². The number of ketones is 1. The molecule has 0 atom stereocenters. The highest BCUT2D eigenvalue weighted by molar-refractivity contribution is 7.12. The Morgan fingerprint density at radius 3 is 2.65 bits per heavy atom. The van der Waals surface area contributed by atoms with Crippen LogP contribution in [-0.4, -0.2) is 38.9 Å². The fourth-order valence-electron chi connectivity index (χ4n) is 3.70. The minimum Gasteiger partial charge on any atom is -0.445 e. The number of rotatable bonds is 8. The Labute approximate surface area is 215 Å². The predicted octanol–water partition coefficient (Wildman–Crippen LogP) is 4.55. The van der Waals surface area contributed by atoms with E-state index in [1.807, 2.05) is 47.8 Å². The number of carbonyl (C=O) groups excluding carboxylic acids is 3. The lowest BCUT2D eigenvalue weighted by molar-refractivity contribution is -0.115. The van der Waals surface area contributed by atoms with Crippen molar-refractivity contribution in [2.45, 2.75) is 6.61 Å². The summed E-state index contributed by atoms with van der Waals surface area (Å²) >= 11 is 1.36. The monoisotopic (exact) mass is 511 g/mol. The maximum Gasteiger partial charge on any atom is 0.407 e. The second-order valence-electron chi connectivity index (χ2n) is 7.97. The van der Waals surface area contributed by atoms with E-state index in [4.69, 9.17) is 4.74 Å². The minimum absolute atomic E-state index is 0.116. The fourth-order valence-corrected chi connectivity index (χ4v) is 4.38. The van der Waals surface area contributed by atoms with Gasteiger partial charge in [-0.25, -0.2) is 14.3 Å². The SMILES string of the molecule is O=C(CNC(=O)OCc1ccccc1)Nc1cccc(-c2ccnc3c(C(=O)c4cccs4)cnn23)c1. The molecule has 0 aliphatic heterocycles. The van der Waals surface area contributed by atoms with Crippen molar-refractivity contribution in [1.82, 2.24) is 19.9 Å². The van der Waals surface area contributed by atoms with Gasteiger partial charge >= 0.3 is 6.09 Å². The molecule has 0 spiro atoms. The summed E-state index contributed by atoms with van der Waals surface area (Å²) in [5.74, 6) is -0.540. The highest BCUT2D eigenvalue weighted by atomic mass is 32.1. The Kier molecular flexibility index (Phi) is 7.00. The van der Waals surface area contributed by atoms with E-state index in [-0.39, 0.29) is 18.9 Å². The Hall–Kier alpha value is -4.83. The molecule has 2 aromatic carbocycles. The number of hydrogen-bond donors (Lipinski definition) is 2. The zero-order valence-electron chi connectivity index (χ0n) is 19.5. The lowest BCUT2D eigenvalue weighted by Gasteiger charge is -2.10. The highest BCUT2D eigenvalue weighted by Gasteiger charge is 2.18. The summed E-state index contributed by atoms with van der Waals surface area (Å²) in [6.07, 6.45) is 2.45. The summed E-state index contributed by atoms with van der Waals surface area (Å²) < 4.78 is 6.72. The van der Waals surface area contributed by atoms with Crippen molar-refractivity contribution in [2.75, 3.05) is 11.9 Å². The molecule has 0 bridgehead atoms. The molecule has 0 saturated heterocycles. The summed E-state index contributed by atoms with van der Waals surface area (Å²) in [5.41, 5.74) is 3.72. The fraction of sp³-hybridized carbons (Fsp3) is 0.0741. The van der Waals surface area contributed by atoms with Gasteiger partial charge in [0.15, 0.2) is 5.65 Å². The van der Waals surface area contributed by atoms with Crippen LogP contribution >= 0.6 is 11.3 Å². The topological polar surface area (TPSA) is 115 Å². The van der Waals surface area contributed by atoms with Crippen molar-refractivity contribution in [3.63, 3.8) is 0 Å². The van der Waals surface area contributed by atoms with Gasteiger partial charge in [-0.15, -0.1) is 11.3 Å². The van der Waals surface area contributed by atoms with Gasteiger partial charge in [0.05, 0.1) is 22.3 Å². The molecular weight excluding hydrogens is 490 g/mol. The largest absolute Gasteiger partial charge is 0.445 e. The molecule has 0 unspecified atom stereocenters. The van der Waals surface area contributed by atoms with E-state index in [1.54, 1.807) is 41.0 Å². The van der Waals surface area contributed by atoms with Gasteiger partial charge in [-0.05, 0) is 35.2 Å². The molecule has 184 valence electrons. The average molecular weight is 512 g/mol. The number of fused-ring (bicyclic) bond motifs is 1. The van der Waals surface area contributed by atoms with Gasteiger partial charge in [0.2, 0.25) is 11.7 Å². The number of hydrogen-bond acceptors (Lipinski definition) is 7. The van der Waals surface area contributed by atoms with Crippen LogP contribution in [0.2, 0.25) is 0 Å². The van der Waals surface area contributed by atoms with Crippen LogP contribution in [0, 0.1) is 0 Å². The number of alkyl carbamates (subject to hydrolysis) is 1. The van der Waals surface area contributed by atoms with E-state index in [1.165, 1.54) is 17.5 Å². The normalized spacial score (nSPS) is 10.7. The first-order valence-corrected chi connectivity index (χ1v) is 12.2. The molecule has 0 fully saturated rings. The first-order chi connectivity index (χ1) is 18.1. The van der Waals surface area contributed by atoms with Gasteiger partial charge in [0, 0.05) is 17.4 Å². The summed E-state index contributed by atoms with van der Waals surface area (Å²) in [4.78, 5) is 42.1. The number of carbonyl (C=O) groups is 3. The van der Waals surface area contributed by atoms with E-state index >= 15 is 0 Å². The first-order valence-electron chi connectivity index (χ1n) is 11.3. The number of aromatic nitrogens is 3. The van der Waals surface area contributed by atoms with Gasteiger partial charge in [0.1, 0.15) is 13.2 Å². The van der Waals surface area contributed by atoms with Crippen LogP contribution < -0.4 is 10.6 Å². The third kappa shape index (κ3) is 5.54. The summed E-state index contributed by atoms with van der Waals surface area (Å²) in [5, 5.41) is 11.4. The number of nitrogens with one attached hydrogen (secondary N) is 2. The maximum absolute atomic E-state index is 12.9.